The molecule has 0 aliphatic rings. The van der Waals surface area contributed by atoms with Crippen LogP contribution in [0.25, 0.3) is 0 Å². The van der Waals surface area contributed by atoms with Crippen LogP contribution in [0.3, 0.4) is 0 Å². The maximum Gasteiger partial charge on any atom is 0.326 e. The van der Waals surface area contributed by atoms with Crippen LogP contribution in [-0.4, -0.2) is 86.9 Å². The van der Waals surface area contributed by atoms with Crippen molar-refractivity contribution in [3.63, 3.8) is 0 Å². The summed E-state index contributed by atoms with van der Waals surface area (Å²) in [6.07, 6.45) is -3.55. The van der Waals surface area contributed by atoms with Gasteiger partial charge in [-0.15, -0.1) is 0 Å². The molecular formula is C16H24N6O11. The fraction of sp³-hybridized carbons (Fsp3) is 0.500. The lowest BCUT2D eigenvalue weighted by atomic mass is 10.1. The zero-order valence-electron chi connectivity index (χ0n) is 17.0. The molecule has 0 aliphatic carbocycles. The topological polar surface area (TPSA) is 311 Å². The number of carboxylic acid groups (broad SMARTS) is 3. The number of hydrogen-bond donors (Lipinski definition) is 9. The Morgan fingerprint density at radius 2 is 0.939 bits per heavy atom. The summed E-state index contributed by atoms with van der Waals surface area (Å²) in [4.78, 5) is 91.9. The van der Waals surface area contributed by atoms with E-state index in [0.717, 1.165) is 0 Å². The summed E-state index contributed by atoms with van der Waals surface area (Å²) >= 11 is 0. The van der Waals surface area contributed by atoms with E-state index in [1.54, 1.807) is 0 Å². The fourth-order valence-electron chi connectivity index (χ4n) is 2.30. The molecule has 0 saturated carbocycles. The van der Waals surface area contributed by atoms with Crippen LogP contribution in [0.2, 0.25) is 0 Å². The predicted octanol–water partition coefficient (Wildman–Crippen LogP) is -5.45. The fourth-order valence-corrected chi connectivity index (χ4v) is 2.30. The molecule has 0 rings (SSSR count). The van der Waals surface area contributed by atoms with E-state index in [-0.39, 0.29) is 0 Å². The number of carboxylic acids is 3. The molecule has 4 atom stereocenters. The molecule has 17 nitrogen and oxygen atoms in total. The summed E-state index contributed by atoms with van der Waals surface area (Å²) in [5.41, 5.74) is 15.2. The number of nitrogens with one attached hydrogen (secondary N) is 3. The molecule has 4 unspecified atom stereocenters. The van der Waals surface area contributed by atoms with Gasteiger partial charge in [-0.3, -0.25) is 33.6 Å². The minimum absolute atomic E-state index is 0.822. The highest BCUT2D eigenvalue weighted by Gasteiger charge is 2.32. The average molecular weight is 476 g/mol. The molecule has 0 aromatic carbocycles. The van der Waals surface area contributed by atoms with E-state index in [9.17, 15) is 38.4 Å². The van der Waals surface area contributed by atoms with Crippen molar-refractivity contribution in [3.8, 4) is 0 Å². The molecule has 0 aromatic rings. The molecule has 0 fully saturated rings. The van der Waals surface area contributed by atoms with E-state index in [0.29, 0.717) is 0 Å². The first-order valence-electron chi connectivity index (χ1n) is 9.03. The molecule has 0 aliphatic heterocycles. The summed E-state index contributed by atoms with van der Waals surface area (Å²) in [6, 6.07) is -7.14. The number of rotatable bonds is 15. The lowest BCUT2D eigenvalue weighted by Crippen LogP contribution is -2.58. The third-order valence-electron chi connectivity index (χ3n) is 3.80. The highest BCUT2D eigenvalue weighted by atomic mass is 16.4. The van der Waals surface area contributed by atoms with Crippen molar-refractivity contribution in [2.45, 2.75) is 49.9 Å². The van der Waals surface area contributed by atoms with Crippen LogP contribution in [-0.2, 0) is 38.4 Å². The molecular weight excluding hydrogens is 452 g/mol. The van der Waals surface area contributed by atoms with Crippen LogP contribution < -0.4 is 33.2 Å². The number of hydrogen-bond acceptors (Lipinski definition) is 9. The minimum Gasteiger partial charge on any atom is -0.481 e. The Hall–Kier alpha value is -4.28. The van der Waals surface area contributed by atoms with Crippen molar-refractivity contribution < 1.29 is 53.7 Å². The predicted molar refractivity (Wildman–Crippen MR) is 104 cm³/mol. The first-order valence-corrected chi connectivity index (χ1v) is 9.03. The van der Waals surface area contributed by atoms with Crippen LogP contribution in [0.15, 0.2) is 0 Å². The van der Waals surface area contributed by atoms with Gasteiger partial charge in [0.15, 0.2) is 0 Å². The third-order valence-corrected chi connectivity index (χ3v) is 3.80. The normalized spacial score (nSPS) is 14.0. The average Bonchev–Trinajstić information content (AvgIpc) is 2.64. The van der Waals surface area contributed by atoms with Crippen molar-refractivity contribution in [1.82, 2.24) is 16.0 Å². The lowest BCUT2D eigenvalue weighted by Gasteiger charge is -2.23. The molecule has 0 aromatic heterocycles. The molecule has 12 N–H and O–H groups in total. The molecule has 0 saturated heterocycles. The molecule has 5 amide bonds. The largest absolute Gasteiger partial charge is 0.481 e. The zero-order chi connectivity index (χ0) is 25.9. The molecule has 0 bridgehead atoms. The van der Waals surface area contributed by atoms with E-state index >= 15 is 0 Å². The number of carbonyl (C=O) groups is 8. The van der Waals surface area contributed by atoms with Crippen molar-refractivity contribution in [2.75, 3.05) is 0 Å². The van der Waals surface area contributed by atoms with Gasteiger partial charge in [-0.25, -0.2) is 4.79 Å². The van der Waals surface area contributed by atoms with Crippen LogP contribution in [0.5, 0.6) is 0 Å². The van der Waals surface area contributed by atoms with Gasteiger partial charge in [0.25, 0.3) is 0 Å². The minimum atomic E-state index is -1.91. The van der Waals surface area contributed by atoms with Gasteiger partial charge < -0.3 is 48.5 Å². The highest BCUT2D eigenvalue weighted by Crippen LogP contribution is 2.02. The summed E-state index contributed by atoms with van der Waals surface area (Å²) in [6.45, 7) is 0. The van der Waals surface area contributed by atoms with Crippen molar-refractivity contribution >= 4 is 47.4 Å². The van der Waals surface area contributed by atoms with Crippen LogP contribution in [0.4, 0.5) is 0 Å². The van der Waals surface area contributed by atoms with Crippen molar-refractivity contribution in [3.05, 3.63) is 0 Å². The zero-order valence-corrected chi connectivity index (χ0v) is 17.0. The number of carbonyl (C=O) groups excluding carboxylic acids is 5. The third kappa shape index (κ3) is 11.6. The SMILES string of the molecule is NC(=O)CC(NC(=O)C(CC(=O)O)NC(=O)C(CC(N)=O)NC(=O)C(N)CC(=O)O)C(=O)O. The van der Waals surface area contributed by atoms with E-state index in [1.165, 1.54) is 0 Å². The van der Waals surface area contributed by atoms with E-state index in [2.05, 4.69) is 0 Å². The lowest BCUT2D eigenvalue weighted by molar-refractivity contribution is -0.145. The van der Waals surface area contributed by atoms with Gasteiger partial charge in [0.05, 0.1) is 31.7 Å². The first kappa shape index (κ1) is 28.7. The molecule has 33 heavy (non-hydrogen) atoms. The quantitative estimate of drug-likeness (QED) is 0.107. The summed E-state index contributed by atoms with van der Waals surface area (Å²) in [5.74, 6) is -10.7. The molecule has 17 heteroatoms. The molecule has 0 spiro atoms. The van der Waals surface area contributed by atoms with Gasteiger partial charge in [0, 0.05) is 0 Å². The maximum atomic E-state index is 12.5. The van der Waals surface area contributed by atoms with Gasteiger partial charge in [-0.05, 0) is 0 Å². The monoisotopic (exact) mass is 476 g/mol. The van der Waals surface area contributed by atoms with E-state index < -0.39 is 97.3 Å². The number of primary amides is 2. The smallest absolute Gasteiger partial charge is 0.326 e. The van der Waals surface area contributed by atoms with Gasteiger partial charge in [-0.2, -0.15) is 0 Å². The second kappa shape index (κ2) is 13.2. The molecule has 184 valence electrons. The first-order chi connectivity index (χ1) is 15.1. The maximum absolute atomic E-state index is 12.5. The van der Waals surface area contributed by atoms with Gasteiger partial charge in [0.1, 0.15) is 18.1 Å². The number of amides is 5. The second-order valence-electron chi connectivity index (χ2n) is 6.66. The Kier molecular flexibility index (Phi) is 11.5. The Bertz CT molecular complexity index is 830. The Morgan fingerprint density at radius 1 is 0.576 bits per heavy atom. The summed E-state index contributed by atoms with van der Waals surface area (Å²) in [7, 11) is 0. The Labute approximate surface area is 185 Å². The standard InChI is InChI=1S/C16H24N6O11/c17-5(1-11(25)26)13(29)20-6(2-9(18)23)14(30)21-7(4-12(27)28)15(31)22-8(16(32)33)3-10(19)24/h5-8H,1-4,17H2,(H2,18,23)(H2,19,24)(H,20,29)(H,21,30)(H,22,31)(H,25,26)(H,27,28)(H,32,33). The number of aliphatic carboxylic acids is 3. The van der Waals surface area contributed by atoms with Crippen LogP contribution in [0.1, 0.15) is 25.7 Å². The van der Waals surface area contributed by atoms with E-state index in [4.69, 9.17) is 32.5 Å². The second-order valence-corrected chi connectivity index (χ2v) is 6.66. The van der Waals surface area contributed by atoms with Crippen LogP contribution in [0, 0.1) is 0 Å². The highest BCUT2D eigenvalue weighted by molar-refractivity contribution is 5.98. The van der Waals surface area contributed by atoms with Gasteiger partial charge in [0.2, 0.25) is 29.5 Å². The Morgan fingerprint density at radius 3 is 1.33 bits per heavy atom. The number of nitrogens with two attached hydrogens (primary N) is 3. The molecule has 0 heterocycles. The Balaban J connectivity index is 5.58. The van der Waals surface area contributed by atoms with Crippen molar-refractivity contribution in [1.29, 1.82) is 0 Å². The molecule has 0 radical (unpaired) electrons. The van der Waals surface area contributed by atoms with Gasteiger partial charge >= 0.3 is 17.9 Å². The van der Waals surface area contributed by atoms with Crippen LogP contribution >= 0.6 is 0 Å². The van der Waals surface area contributed by atoms with Gasteiger partial charge in [-0.1, -0.05) is 0 Å². The van der Waals surface area contributed by atoms with E-state index in [1.807, 2.05) is 16.0 Å². The summed E-state index contributed by atoms with van der Waals surface area (Å²) < 4.78 is 0. The van der Waals surface area contributed by atoms with Crippen molar-refractivity contribution in [2.24, 2.45) is 17.2 Å². The summed E-state index contributed by atoms with van der Waals surface area (Å²) in [5, 5.41) is 32.4.